The topological polar surface area (TPSA) is 38.3 Å². The highest BCUT2D eigenvalue weighted by molar-refractivity contribution is 5.39. The SMILES string of the molecule is CCNC(O[C]=O)c1ccccc1. The number of hydrogen-bond donors (Lipinski definition) is 1. The molecule has 1 aromatic carbocycles. The molecule has 1 unspecified atom stereocenters. The van der Waals surface area contributed by atoms with Crippen molar-refractivity contribution in [1.29, 1.82) is 0 Å². The van der Waals surface area contributed by atoms with Crippen molar-refractivity contribution >= 4 is 6.47 Å². The summed E-state index contributed by atoms with van der Waals surface area (Å²) in [5, 5.41) is 3.02. The summed E-state index contributed by atoms with van der Waals surface area (Å²) in [6, 6.07) is 9.49. The van der Waals surface area contributed by atoms with Gasteiger partial charge in [-0.2, -0.15) is 0 Å². The maximum absolute atomic E-state index is 10.1. The van der Waals surface area contributed by atoms with E-state index in [2.05, 4.69) is 5.32 Å². The van der Waals surface area contributed by atoms with Gasteiger partial charge in [0, 0.05) is 5.56 Å². The molecule has 0 saturated carbocycles. The van der Waals surface area contributed by atoms with Crippen LogP contribution in [0.3, 0.4) is 0 Å². The number of ether oxygens (including phenoxy) is 1. The van der Waals surface area contributed by atoms with E-state index in [-0.39, 0.29) is 6.23 Å². The van der Waals surface area contributed by atoms with Gasteiger partial charge in [-0.15, -0.1) is 0 Å². The van der Waals surface area contributed by atoms with Crippen molar-refractivity contribution in [2.45, 2.75) is 13.2 Å². The standard InChI is InChI=1S/C10H12NO2/c1-2-11-10(13-8-12)9-6-4-3-5-7-9/h3-7,10-11H,2H2,1H3. The predicted octanol–water partition coefficient (Wildman–Crippen LogP) is 1.38. The molecule has 1 aromatic rings. The first-order valence-electron chi connectivity index (χ1n) is 4.19. The third-order valence-electron chi connectivity index (χ3n) is 1.66. The van der Waals surface area contributed by atoms with Gasteiger partial charge in [0.05, 0.1) is 0 Å². The van der Waals surface area contributed by atoms with E-state index in [1.807, 2.05) is 37.3 Å². The Morgan fingerprint density at radius 2 is 2.15 bits per heavy atom. The van der Waals surface area contributed by atoms with Crippen LogP contribution in [0.2, 0.25) is 0 Å². The molecule has 1 N–H and O–H groups in total. The van der Waals surface area contributed by atoms with Crippen LogP contribution in [0.15, 0.2) is 30.3 Å². The quantitative estimate of drug-likeness (QED) is 0.692. The van der Waals surface area contributed by atoms with Crippen molar-refractivity contribution in [2.24, 2.45) is 0 Å². The smallest absolute Gasteiger partial charge is 0.419 e. The minimum atomic E-state index is -0.385. The Balaban J connectivity index is 2.69. The van der Waals surface area contributed by atoms with E-state index >= 15 is 0 Å². The molecule has 0 aromatic heterocycles. The molecule has 13 heavy (non-hydrogen) atoms. The van der Waals surface area contributed by atoms with Crippen LogP contribution in [0.5, 0.6) is 0 Å². The lowest BCUT2D eigenvalue weighted by atomic mass is 10.2. The van der Waals surface area contributed by atoms with E-state index in [9.17, 15) is 4.79 Å². The van der Waals surface area contributed by atoms with E-state index in [4.69, 9.17) is 4.74 Å². The Labute approximate surface area is 77.7 Å². The van der Waals surface area contributed by atoms with Crippen molar-refractivity contribution in [3.63, 3.8) is 0 Å². The summed E-state index contributed by atoms with van der Waals surface area (Å²) < 4.78 is 4.75. The summed E-state index contributed by atoms with van der Waals surface area (Å²) in [4.78, 5) is 10.1. The van der Waals surface area contributed by atoms with Crippen LogP contribution < -0.4 is 5.32 Å². The average Bonchev–Trinajstić information content (AvgIpc) is 2.19. The molecule has 69 valence electrons. The Morgan fingerprint density at radius 3 is 2.69 bits per heavy atom. The molecule has 0 aliphatic rings. The monoisotopic (exact) mass is 178 g/mol. The first kappa shape index (κ1) is 9.74. The maximum Gasteiger partial charge on any atom is 0.419 e. The Bertz CT molecular complexity index is 248. The van der Waals surface area contributed by atoms with Crippen molar-refractivity contribution < 1.29 is 9.53 Å². The highest BCUT2D eigenvalue weighted by atomic mass is 16.5. The molecule has 0 fully saturated rings. The second-order valence-corrected chi connectivity index (χ2v) is 2.55. The molecule has 3 nitrogen and oxygen atoms in total. The summed E-state index contributed by atoms with van der Waals surface area (Å²) in [5.41, 5.74) is 0.924. The number of hydrogen-bond acceptors (Lipinski definition) is 3. The van der Waals surface area contributed by atoms with E-state index < -0.39 is 0 Å². The summed E-state index contributed by atoms with van der Waals surface area (Å²) in [6.45, 7) is 4.12. The van der Waals surface area contributed by atoms with E-state index in [1.54, 1.807) is 0 Å². The van der Waals surface area contributed by atoms with Gasteiger partial charge in [0.2, 0.25) is 0 Å². The van der Waals surface area contributed by atoms with Crippen LogP contribution in [-0.4, -0.2) is 13.0 Å². The number of nitrogens with one attached hydrogen (secondary N) is 1. The molecule has 1 atom stereocenters. The first-order valence-corrected chi connectivity index (χ1v) is 4.19. The molecule has 1 rings (SSSR count). The average molecular weight is 178 g/mol. The molecule has 0 saturated heterocycles. The molecule has 0 bridgehead atoms. The highest BCUT2D eigenvalue weighted by Crippen LogP contribution is 2.12. The summed E-state index contributed by atoms with van der Waals surface area (Å²) in [5.74, 6) is 0. The largest absolute Gasteiger partial charge is 0.434 e. The lowest BCUT2D eigenvalue weighted by molar-refractivity contribution is 0.146. The maximum atomic E-state index is 10.1. The van der Waals surface area contributed by atoms with Gasteiger partial charge in [0.15, 0.2) is 6.23 Å². The van der Waals surface area contributed by atoms with Gasteiger partial charge < -0.3 is 4.74 Å². The zero-order chi connectivity index (χ0) is 9.52. The first-order chi connectivity index (χ1) is 6.38. The Hall–Kier alpha value is -1.35. The van der Waals surface area contributed by atoms with E-state index in [0.717, 1.165) is 12.1 Å². The van der Waals surface area contributed by atoms with Gasteiger partial charge in [0.1, 0.15) is 0 Å². The van der Waals surface area contributed by atoms with Crippen molar-refractivity contribution in [1.82, 2.24) is 5.32 Å². The minimum absolute atomic E-state index is 0.385. The Kier molecular flexibility index (Phi) is 3.99. The molecule has 0 spiro atoms. The van der Waals surface area contributed by atoms with Crippen LogP contribution in [0.4, 0.5) is 0 Å². The van der Waals surface area contributed by atoms with Crippen molar-refractivity contribution in [2.75, 3.05) is 6.54 Å². The van der Waals surface area contributed by atoms with Crippen molar-refractivity contribution in [3.8, 4) is 0 Å². The number of rotatable bonds is 5. The fraction of sp³-hybridized carbons (Fsp3) is 0.300. The molecule has 3 heteroatoms. The molecule has 0 heterocycles. The predicted molar refractivity (Wildman–Crippen MR) is 49.6 cm³/mol. The fourth-order valence-corrected chi connectivity index (χ4v) is 1.09. The second kappa shape index (κ2) is 5.32. The number of benzene rings is 1. The zero-order valence-electron chi connectivity index (χ0n) is 7.49. The third kappa shape index (κ3) is 2.87. The van der Waals surface area contributed by atoms with Crippen molar-refractivity contribution in [3.05, 3.63) is 35.9 Å². The van der Waals surface area contributed by atoms with Crippen LogP contribution in [-0.2, 0) is 9.53 Å². The van der Waals surface area contributed by atoms with Crippen LogP contribution in [0.25, 0.3) is 0 Å². The third-order valence-corrected chi connectivity index (χ3v) is 1.66. The zero-order valence-corrected chi connectivity index (χ0v) is 7.49. The van der Waals surface area contributed by atoms with Gasteiger partial charge in [-0.3, -0.25) is 5.32 Å². The molecule has 0 amide bonds. The lowest BCUT2D eigenvalue weighted by Crippen LogP contribution is -2.22. The molecular formula is C10H12NO2. The van der Waals surface area contributed by atoms with Gasteiger partial charge in [-0.05, 0) is 6.54 Å². The molecule has 1 radical (unpaired) electrons. The highest BCUT2D eigenvalue weighted by Gasteiger charge is 2.09. The molecule has 0 aliphatic carbocycles. The second-order valence-electron chi connectivity index (χ2n) is 2.55. The molecule has 0 aliphatic heterocycles. The minimum Gasteiger partial charge on any atom is -0.434 e. The fourth-order valence-electron chi connectivity index (χ4n) is 1.09. The van der Waals surface area contributed by atoms with Crippen LogP contribution >= 0.6 is 0 Å². The van der Waals surface area contributed by atoms with Crippen LogP contribution in [0.1, 0.15) is 18.7 Å². The summed E-state index contributed by atoms with van der Waals surface area (Å²) in [7, 11) is 0. The van der Waals surface area contributed by atoms with E-state index in [0.29, 0.717) is 0 Å². The van der Waals surface area contributed by atoms with Gasteiger partial charge >= 0.3 is 6.47 Å². The summed E-state index contributed by atoms with van der Waals surface area (Å²) >= 11 is 0. The van der Waals surface area contributed by atoms with E-state index in [1.165, 1.54) is 6.47 Å². The molecular weight excluding hydrogens is 166 g/mol. The normalized spacial score (nSPS) is 12.1. The van der Waals surface area contributed by atoms with Gasteiger partial charge in [0.25, 0.3) is 0 Å². The summed E-state index contributed by atoms with van der Waals surface area (Å²) in [6.07, 6.45) is -0.385. The number of carbonyl (C=O) groups excluding carboxylic acids is 1. The Morgan fingerprint density at radius 1 is 1.46 bits per heavy atom. The van der Waals surface area contributed by atoms with Crippen LogP contribution in [0, 0.1) is 0 Å². The van der Waals surface area contributed by atoms with Gasteiger partial charge in [-0.1, -0.05) is 37.3 Å². The van der Waals surface area contributed by atoms with Gasteiger partial charge in [-0.25, -0.2) is 4.79 Å². The lowest BCUT2D eigenvalue weighted by Gasteiger charge is -2.14.